The fraction of sp³-hybridized carbons (Fsp3) is 0.471. The minimum Gasteiger partial charge on any atom is -0.409 e. The Balaban J connectivity index is 1.84. The molecule has 21 heavy (non-hydrogen) atoms. The first-order chi connectivity index (χ1) is 10.3. The molecule has 0 saturated carbocycles. The predicted molar refractivity (Wildman–Crippen MR) is 86.6 cm³/mol. The first-order valence-electron chi connectivity index (χ1n) is 7.72. The van der Waals surface area contributed by atoms with Gasteiger partial charge in [0.15, 0.2) is 0 Å². The van der Waals surface area contributed by atoms with Crippen molar-refractivity contribution in [1.82, 2.24) is 5.32 Å². The molecule has 0 bridgehead atoms. The number of hydrogen-bond acceptors (Lipinski definition) is 3. The summed E-state index contributed by atoms with van der Waals surface area (Å²) in [6.45, 7) is 1.63. The summed E-state index contributed by atoms with van der Waals surface area (Å²) in [6, 6.07) is 9.93. The second-order valence-electron chi connectivity index (χ2n) is 5.55. The third-order valence-corrected chi connectivity index (χ3v) is 4.03. The first-order valence-corrected chi connectivity index (χ1v) is 7.72. The summed E-state index contributed by atoms with van der Waals surface area (Å²) in [5, 5.41) is 15.6. The number of rotatable bonds is 7. The molecular formula is C17H25N3O. The molecule has 0 spiro atoms. The average molecular weight is 287 g/mol. The number of nitrogens with zero attached hydrogens (tertiary/aromatic N) is 1. The molecule has 0 heterocycles. The van der Waals surface area contributed by atoms with Crippen LogP contribution in [0.5, 0.6) is 0 Å². The number of allylic oxidation sites excluding steroid dienone is 1. The smallest absolute Gasteiger partial charge is 0.147 e. The second kappa shape index (κ2) is 8.47. The Hall–Kier alpha value is -1.81. The summed E-state index contributed by atoms with van der Waals surface area (Å²) >= 11 is 0. The fourth-order valence-corrected chi connectivity index (χ4v) is 2.78. The van der Waals surface area contributed by atoms with E-state index in [1.165, 1.54) is 25.7 Å². The molecule has 4 nitrogen and oxygen atoms in total. The van der Waals surface area contributed by atoms with Crippen molar-refractivity contribution in [2.75, 3.05) is 13.1 Å². The highest BCUT2D eigenvalue weighted by atomic mass is 16.4. The van der Waals surface area contributed by atoms with Crippen molar-refractivity contribution < 1.29 is 5.21 Å². The third-order valence-electron chi connectivity index (χ3n) is 4.03. The van der Waals surface area contributed by atoms with Gasteiger partial charge < -0.3 is 16.3 Å². The van der Waals surface area contributed by atoms with E-state index in [4.69, 9.17) is 10.9 Å². The zero-order valence-corrected chi connectivity index (χ0v) is 12.5. The number of oxime groups is 1. The van der Waals surface area contributed by atoms with E-state index in [0.717, 1.165) is 18.5 Å². The van der Waals surface area contributed by atoms with Crippen LogP contribution in [0.25, 0.3) is 0 Å². The highest BCUT2D eigenvalue weighted by Crippen LogP contribution is 2.19. The van der Waals surface area contributed by atoms with E-state index >= 15 is 0 Å². The largest absolute Gasteiger partial charge is 0.409 e. The van der Waals surface area contributed by atoms with E-state index in [1.54, 1.807) is 5.57 Å². The highest BCUT2D eigenvalue weighted by Gasteiger charge is 2.16. The first kappa shape index (κ1) is 15.6. The van der Waals surface area contributed by atoms with E-state index in [1.807, 2.05) is 30.3 Å². The summed E-state index contributed by atoms with van der Waals surface area (Å²) in [4.78, 5) is 0. The maximum Gasteiger partial charge on any atom is 0.147 e. The van der Waals surface area contributed by atoms with Crippen molar-refractivity contribution >= 4 is 5.84 Å². The van der Waals surface area contributed by atoms with Crippen LogP contribution in [0.1, 0.15) is 43.6 Å². The average Bonchev–Trinajstić information content (AvgIpc) is 2.56. The van der Waals surface area contributed by atoms with Crippen molar-refractivity contribution in [3.63, 3.8) is 0 Å². The fourth-order valence-electron chi connectivity index (χ4n) is 2.78. The van der Waals surface area contributed by atoms with Crippen molar-refractivity contribution in [3.05, 3.63) is 47.5 Å². The van der Waals surface area contributed by atoms with Gasteiger partial charge in [0.05, 0.1) is 5.92 Å². The normalized spacial score (nSPS) is 17.3. The molecule has 1 unspecified atom stereocenters. The molecule has 1 aliphatic carbocycles. The lowest BCUT2D eigenvalue weighted by Crippen LogP contribution is -2.32. The van der Waals surface area contributed by atoms with Crippen LogP contribution in [-0.4, -0.2) is 24.1 Å². The van der Waals surface area contributed by atoms with Crippen LogP contribution >= 0.6 is 0 Å². The van der Waals surface area contributed by atoms with Gasteiger partial charge in [-0.3, -0.25) is 0 Å². The van der Waals surface area contributed by atoms with Crippen molar-refractivity contribution in [1.29, 1.82) is 0 Å². The van der Waals surface area contributed by atoms with Gasteiger partial charge in [0, 0.05) is 6.54 Å². The lowest BCUT2D eigenvalue weighted by molar-refractivity contribution is 0.315. The third kappa shape index (κ3) is 4.90. The van der Waals surface area contributed by atoms with E-state index in [2.05, 4.69) is 16.5 Å². The van der Waals surface area contributed by atoms with Crippen LogP contribution in [-0.2, 0) is 0 Å². The summed E-state index contributed by atoms with van der Waals surface area (Å²) in [7, 11) is 0. The van der Waals surface area contributed by atoms with Crippen molar-refractivity contribution in [2.45, 2.75) is 38.0 Å². The minimum absolute atomic E-state index is 0.0865. The molecule has 1 aromatic carbocycles. The maximum absolute atomic E-state index is 8.95. The van der Waals surface area contributed by atoms with Crippen LogP contribution in [0.3, 0.4) is 0 Å². The topological polar surface area (TPSA) is 70.6 Å². The summed E-state index contributed by atoms with van der Waals surface area (Å²) in [5.41, 5.74) is 8.45. The number of hydrogen-bond donors (Lipinski definition) is 3. The van der Waals surface area contributed by atoms with Gasteiger partial charge in [-0.1, -0.05) is 47.1 Å². The highest BCUT2D eigenvalue weighted by molar-refractivity contribution is 5.87. The van der Waals surface area contributed by atoms with Gasteiger partial charge in [-0.2, -0.15) is 0 Å². The Morgan fingerprint density at radius 3 is 2.76 bits per heavy atom. The molecule has 0 fully saturated rings. The molecule has 0 aliphatic heterocycles. The van der Waals surface area contributed by atoms with Crippen LogP contribution in [0.4, 0.5) is 0 Å². The Bertz CT molecular complexity index is 482. The zero-order chi connectivity index (χ0) is 14.9. The molecule has 0 radical (unpaired) electrons. The Morgan fingerprint density at radius 1 is 1.29 bits per heavy atom. The van der Waals surface area contributed by atoms with E-state index in [-0.39, 0.29) is 11.8 Å². The monoisotopic (exact) mass is 287 g/mol. The molecular weight excluding hydrogens is 262 g/mol. The number of amidine groups is 1. The molecule has 1 aliphatic rings. The SMILES string of the molecule is NC(=NO)C(CNCCC1=CCCCC1)c1ccccc1. The standard InChI is InChI=1S/C17H25N3O/c18-17(20-21)16(15-9-5-2-6-10-15)13-19-12-11-14-7-3-1-4-8-14/h2,5-7,9-10,16,19,21H,1,3-4,8,11-13H2,(H2,18,20). The molecule has 2 rings (SSSR count). The molecule has 4 N–H and O–H groups in total. The summed E-state index contributed by atoms with van der Waals surface area (Å²) in [5.74, 6) is 0.169. The summed E-state index contributed by atoms with van der Waals surface area (Å²) < 4.78 is 0. The molecule has 0 saturated heterocycles. The predicted octanol–water partition coefficient (Wildman–Crippen LogP) is 3.00. The Labute approximate surface area is 126 Å². The van der Waals surface area contributed by atoms with Crippen molar-refractivity contribution in [3.8, 4) is 0 Å². The van der Waals surface area contributed by atoms with Gasteiger partial charge in [-0.15, -0.1) is 0 Å². The van der Waals surface area contributed by atoms with Gasteiger partial charge in [0.1, 0.15) is 5.84 Å². The van der Waals surface area contributed by atoms with Gasteiger partial charge in [0.25, 0.3) is 0 Å². The second-order valence-corrected chi connectivity index (χ2v) is 5.55. The number of benzene rings is 1. The van der Waals surface area contributed by atoms with Crippen LogP contribution < -0.4 is 11.1 Å². The zero-order valence-electron chi connectivity index (χ0n) is 12.5. The van der Waals surface area contributed by atoms with Crippen LogP contribution in [0.15, 0.2) is 47.1 Å². The number of nitrogens with one attached hydrogen (secondary N) is 1. The maximum atomic E-state index is 8.95. The van der Waals surface area contributed by atoms with Gasteiger partial charge in [-0.25, -0.2) is 0 Å². The van der Waals surface area contributed by atoms with E-state index < -0.39 is 0 Å². The Kier molecular flexibility index (Phi) is 6.28. The molecule has 114 valence electrons. The quantitative estimate of drug-likeness (QED) is 0.180. The van der Waals surface area contributed by atoms with Gasteiger partial charge in [-0.05, 0) is 44.2 Å². The molecule has 0 amide bonds. The lowest BCUT2D eigenvalue weighted by atomic mass is 9.96. The number of nitrogens with two attached hydrogens (primary N) is 1. The van der Waals surface area contributed by atoms with Crippen LogP contribution in [0.2, 0.25) is 0 Å². The van der Waals surface area contributed by atoms with Crippen LogP contribution in [0, 0.1) is 0 Å². The molecule has 4 heteroatoms. The van der Waals surface area contributed by atoms with Gasteiger partial charge in [0.2, 0.25) is 0 Å². The molecule has 1 aromatic rings. The van der Waals surface area contributed by atoms with E-state index in [9.17, 15) is 0 Å². The summed E-state index contributed by atoms with van der Waals surface area (Å²) in [6.07, 6.45) is 8.59. The molecule has 1 atom stereocenters. The van der Waals surface area contributed by atoms with E-state index in [0.29, 0.717) is 6.54 Å². The Morgan fingerprint density at radius 2 is 2.10 bits per heavy atom. The molecule has 0 aromatic heterocycles. The lowest BCUT2D eigenvalue weighted by Gasteiger charge is -2.18. The van der Waals surface area contributed by atoms with Crippen molar-refractivity contribution in [2.24, 2.45) is 10.9 Å². The van der Waals surface area contributed by atoms with Gasteiger partial charge >= 0.3 is 0 Å². The minimum atomic E-state index is -0.0865.